The Hall–Kier alpha value is -1.64. The summed E-state index contributed by atoms with van der Waals surface area (Å²) in [4.78, 5) is 15.2. The zero-order chi connectivity index (χ0) is 15.2. The summed E-state index contributed by atoms with van der Waals surface area (Å²) in [7, 11) is 0. The number of hydrogen-bond donors (Lipinski definition) is 1. The molecule has 1 N–H and O–H groups in total. The third-order valence-corrected chi connectivity index (χ3v) is 2.38. The van der Waals surface area contributed by atoms with Gasteiger partial charge < -0.3 is 9.63 Å². The van der Waals surface area contributed by atoms with Gasteiger partial charge in [0.05, 0.1) is 19.6 Å². The van der Waals surface area contributed by atoms with E-state index in [1.54, 1.807) is 0 Å². The summed E-state index contributed by atoms with van der Waals surface area (Å²) >= 11 is 0. The van der Waals surface area contributed by atoms with E-state index in [1.165, 1.54) is 0 Å². The molecule has 1 heterocycles. The van der Waals surface area contributed by atoms with E-state index in [2.05, 4.69) is 10.1 Å². The average molecular weight is 295 g/mol. The number of carboxylic acids is 1. The first-order chi connectivity index (χ1) is 9.30. The predicted octanol–water partition coefficient (Wildman–Crippen LogP) is 1.86. The molecule has 0 aliphatic carbocycles. The van der Waals surface area contributed by atoms with Crippen molar-refractivity contribution in [3.63, 3.8) is 0 Å². The molecule has 0 aliphatic heterocycles. The van der Waals surface area contributed by atoms with Gasteiger partial charge in [0.1, 0.15) is 0 Å². The molecule has 9 heteroatoms. The van der Waals surface area contributed by atoms with Crippen molar-refractivity contribution in [3.8, 4) is 0 Å². The first kappa shape index (κ1) is 16.4. The van der Waals surface area contributed by atoms with Crippen LogP contribution in [0.15, 0.2) is 4.52 Å². The number of carbonyl (C=O) groups is 1. The quantitative estimate of drug-likeness (QED) is 0.788. The number of rotatable bonds is 8. The Morgan fingerprint density at radius 2 is 2.15 bits per heavy atom. The SMILES string of the molecule is CCCCc1noc(CN(CC(=O)O)CC(F)(F)F)n1. The van der Waals surface area contributed by atoms with Crippen LogP contribution in [0.5, 0.6) is 0 Å². The first-order valence-electron chi connectivity index (χ1n) is 6.12. The average Bonchev–Trinajstić information content (AvgIpc) is 2.70. The van der Waals surface area contributed by atoms with Gasteiger partial charge in [0.25, 0.3) is 0 Å². The van der Waals surface area contributed by atoms with Crippen LogP contribution in [0.2, 0.25) is 0 Å². The Labute approximate surface area is 113 Å². The second kappa shape index (κ2) is 7.22. The fourth-order valence-electron chi connectivity index (χ4n) is 1.59. The second-order valence-corrected chi connectivity index (χ2v) is 4.36. The maximum atomic E-state index is 12.3. The van der Waals surface area contributed by atoms with Gasteiger partial charge in [-0.25, -0.2) is 0 Å². The molecule has 0 saturated heterocycles. The lowest BCUT2D eigenvalue weighted by Gasteiger charge is -2.19. The van der Waals surface area contributed by atoms with Crippen molar-refractivity contribution >= 4 is 5.97 Å². The fourth-order valence-corrected chi connectivity index (χ4v) is 1.59. The summed E-state index contributed by atoms with van der Waals surface area (Å²) in [5, 5.41) is 12.2. The molecule has 0 aromatic carbocycles. The number of aryl methyl sites for hydroxylation is 1. The smallest absolute Gasteiger partial charge is 0.401 e. The third-order valence-electron chi connectivity index (χ3n) is 2.38. The van der Waals surface area contributed by atoms with Gasteiger partial charge in [0.2, 0.25) is 5.89 Å². The Bertz CT molecular complexity index is 434. The van der Waals surface area contributed by atoms with Crippen LogP contribution >= 0.6 is 0 Å². The molecular formula is C11H16F3N3O3. The summed E-state index contributed by atoms with van der Waals surface area (Å²) in [5.74, 6) is -0.939. The summed E-state index contributed by atoms with van der Waals surface area (Å²) in [6, 6.07) is 0. The minimum Gasteiger partial charge on any atom is -0.480 e. The largest absolute Gasteiger partial charge is 0.480 e. The molecule has 114 valence electrons. The Balaban J connectivity index is 2.63. The van der Waals surface area contributed by atoms with Crippen LogP contribution in [0, 0.1) is 0 Å². The Morgan fingerprint density at radius 1 is 1.45 bits per heavy atom. The molecule has 1 aromatic rings. The van der Waals surface area contributed by atoms with Crippen LogP contribution in [-0.2, 0) is 17.8 Å². The van der Waals surface area contributed by atoms with E-state index in [9.17, 15) is 18.0 Å². The molecule has 0 saturated carbocycles. The van der Waals surface area contributed by atoms with Crippen LogP contribution in [0.25, 0.3) is 0 Å². The fraction of sp³-hybridized carbons (Fsp3) is 0.727. The Kier molecular flexibility index (Phi) is 5.93. The topological polar surface area (TPSA) is 79.5 Å². The van der Waals surface area contributed by atoms with Gasteiger partial charge in [0, 0.05) is 6.42 Å². The zero-order valence-electron chi connectivity index (χ0n) is 11.0. The summed E-state index contributed by atoms with van der Waals surface area (Å²) in [6.45, 7) is -0.442. The molecule has 1 rings (SSSR count). The van der Waals surface area contributed by atoms with Crippen molar-refractivity contribution in [2.45, 2.75) is 38.9 Å². The molecular weight excluding hydrogens is 279 g/mol. The number of hydrogen-bond acceptors (Lipinski definition) is 5. The van der Waals surface area contributed by atoms with Gasteiger partial charge in [-0.2, -0.15) is 18.2 Å². The third kappa shape index (κ3) is 6.50. The minimum atomic E-state index is -4.49. The van der Waals surface area contributed by atoms with Crippen LogP contribution in [0.1, 0.15) is 31.5 Å². The second-order valence-electron chi connectivity index (χ2n) is 4.36. The van der Waals surface area contributed by atoms with Gasteiger partial charge in [-0.15, -0.1) is 0 Å². The van der Waals surface area contributed by atoms with Gasteiger partial charge in [0.15, 0.2) is 5.82 Å². The highest BCUT2D eigenvalue weighted by atomic mass is 19.4. The van der Waals surface area contributed by atoms with Crippen LogP contribution < -0.4 is 0 Å². The minimum absolute atomic E-state index is 0.0124. The lowest BCUT2D eigenvalue weighted by atomic mass is 10.2. The summed E-state index contributed by atoms with van der Waals surface area (Å²) < 4.78 is 41.8. The van der Waals surface area contributed by atoms with Crippen LogP contribution in [0.3, 0.4) is 0 Å². The molecule has 0 spiro atoms. The summed E-state index contributed by atoms with van der Waals surface area (Å²) in [5.41, 5.74) is 0. The highest BCUT2D eigenvalue weighted by Gasteiger charge is 2.32. The molecule has 0 fully saturated rings. The molecule has 0 amide bonds. The van der Waals surface area contributed by atoms with E-state index in [4.69, 9.17) is 9.63 Å². The van der Waals surface area contributed by atoms with E-state index < -0.39 is 25.2 Å². The number of aromatic nitrogens is 2. The molecule has 1 aromatic heterocycles. The molecule has 0 unspecified atom stereocenters. The van der Waals surface area contributed by atoms with Crippen LogP contribution in [-0.4, -0.2) is 45.4 Å². The van der Waals surface area contributed by atoms with Gasteiger partial charge in [-0.05, 0) is 6.42 Å². The monoisotopic (exact) mass is 295 g/mol. The van der Waals surface area contributed by atoms with E-state index >= 15 is 0 Å². The normalized spacial score (nSPS) is 12.1. The van der Waals surface area contributed by atoms with E-state index in [1.807, 2.05) is 6.92 Å². The number of aliphatic carboxylic acids is 1. The first-order valence-corrected chi connectivity index (χ1v) is 6.12. The number of halogens is 3. The predicted molar refractivity (Wildman–Crippen MR) is 61.9 cm³/mol. The van der Waals surface area contributed by atoms with Gasteiger partial charge in [-0.1, -0.05) is 18.5 Å². The maximum absolute atomic E-state index is 12.3. The van der Waals surface area contributed by atoms with Crippen molar-refractivity contribution < 1.29 is 27.6 Å². The molecule has 0 bridgehead atoms. The zero-order valence-corrected chi connectivity index (χ0v) is 11.0. The molecule has 0 radical (unpaired) electrons. The summed E-state index contributed by atoms with van der Waals surface area (Å²) in [6.07, 6.45) is -2.12. The number of alkyl halides is 3. The van der Waals surface area contributed by atoms with Crippen molar-refractivity contribution in [2.24, 2.45) is 0 Å². The molecule has 0 aliphatic rings. The lowest BCUT2D eigenvalue weighted by molar-refractivity contribution is -0.155. The lowest BCUT2D eigenvalue weighted by Crippen LogP contribution is -2.37. The molecule has 6 nitrogen and oxygen atoms in total. The van der Waals surface area contributed by atoms with Crippen molar-refractivity contribution in [1.29, 1.82) is 0 Å². The van der Waals surface area contributed by atoms with Crippen LogP contribution in [0.4, 0.5) is 13.2 Å². The number of unbranched alkanes of at least 4 members (excludes halogenated alkanes) is 1. The highest BCUT2D eigenvalue weighted by molar-refractivity contribution is 5.69. The van der Waals surface area contributed by atoms with E-state index in [0.29, 0.717) is 17.1 Å². The van der Waals surface area contributed by atoms with Crippen molar-refractivity contribution in [2.75, 3.05) is 13.1 Å². The van der Waals surface area contributed by atoms with E-state index in [0.717, 1.165) is 12.8 Å². The van der Waals surface area contributed by atoms with Gasteiger partial charge >= 0.3 is 12.1 Å². The van der Waals surface area contributed by atoms with Gasteiger partial charge in [-0.3, -0.25) is 9.69 Å². The van der Waals surface area contributed by atoms with Crippen molar-refractivity contribution in [3.05, 3.63) is 11.7 Å². The Morgan fingerprint density at radius 3 is 2.70 bits per heavy atom. The number of nitrogens with zero attached hydrogens (tertiary/aromatic N) is 3. The molecule has 20 heavy (non-hydrogen) atoms. The maximum Gasteiger partial charge on any atom is 0.401 e. The molecule has 0 atom stereocenters. The highest BCUT2D eigenvalue weighted by Crippen LogP contribution is 2.17. The van der Waals surface area contributed by atoms with E-state index in [-0.39, 0.29) is 12.4 Å². The number of carboxylic acid groups (broad SMARTS) is 1. The standard InChI is InChI=1S/C11H16F3N3O3/c1-2-3-4-8-15-9(20-16-8)5-17(6-10(18)19)7-11(12,13)14/h2-7H2,1H3,(H,18,19). The van der Waals surface area contributed by atoms with Crippen molar-refractivity contribution in [1.82, 2.24) is 15.0 Å².